The molecule has 5 nitrogen and oxygen atoms in total. The van der Waals surface area contributed by atoms with Crippen molar-refractivity contribution in [3.8, 4) is 5.69 Å². The van der Waals surface area contributed by atoms with Crippen molar-refractivity contribution in [1.82, 2.24) is 14.5 Å². The third kappa shape index (κ3) is 1.91. The van der Waals surface area contributed by atoms with Gasteiger partial charge < -0.3 is 10.3 Å². The topological polar surface area (TPSA) is 73.8 Å². The molecule has 1 aliphatic carbocycles. The van der Waals surface area contributed by atoms with Crippen molar-refractivity contribution < 1.29 is 4.79 Å². The van der Waals surface area contributed by atoms with E-state index in [0.717, 1.165) is 11.4 Å². The fourth-order valence-electron chi connectivity index (χ4n) is 1.78. The number of carbonyl (C=O) groups is 1. The molecule has 0 saturated heterocycles. The van der Waals surface area contributed by atoms with Crippen LogP contribution in [0.4, 0.5) is 0 Å². The Balaban J connectivity index is 1.96. The summed E-state index contributed by atoms with van der Waals surface area (Å²) < 4.78 is 1.89. The maximum Gasteiger partial charge on any atom is 0.267 e. The van der Waals surface area contributed by atoms with Crippen LogP contribution in [0.5, 0.6) is 0 Å². The average molecular weight is 228 g/mol. The van der Waals surface area contributed by atoms with Crippen LogP contribution in [0.1, 0.15) is 34.9 Å². The molecule has 0 atom stereocenters. The summed E-state index contributed by atoms with van der Waals surface area (Å²) >= 11 is 0. The van der Waals surface area contributed by atoms with E-state index in [1.54, 1.807) is 18.6 Å². The SMILES string of the molecule is NC(=O)c1cc(-n2cnc(C3CC3)c2)ccn1. The molecule has 3 rings (SSSR count). The van der Waals surface area contributed by atoms with E-state index in [4.69, 9.17) is 5.73 Å². The predicted molar refractivity (Wildman–Crippen MR) is 61.9 cm³/mol. The zero-order chi connectivity index (χ0) is 11.8. The minimum atomic E-state index is -0.519. The van der Waals surface area contributed by atoms with Crippen molar-refractivity contribution >= 4 is 5.91 Å². The van der Waals surface area contributed by atoms with Gasteiger partial charge in [0.15, 0.2) is 0 Å². The fourth-order valence-corrected chi connectivity index (χ4v) is 1.78. The van der Waals surface area contributed by atoms with E-state index in [9.17, 15) is 4.79 Å². The summed E-state index contributed by atoms with van der Waals surface area (Å²) in [5, 5.41) is 0. The first-order chi connectivity index (χ1) is 8.24. The third-order valence-corrected chi connectivity index (χ3v) is 2.89. The summed E-state index contributed by atoms with van der Waals surface area (Å²) in [6.45, 7) is 0. The molecule has 2 aromatic heterocycles. The zero-order valence-corrected chi connectivity index (χ0v) is 9.21. The molecule has 86 valence electrons. The Morgan fingerprint density at radius 1 is 1.41 bits per heavy atom. The molecule has 0 spiro atoms. The molecule has 17 heavy (non-hydrogen) atoms. The lowest BCUT2D eigenvalue weighted by atomic mass is 10.3. The van der Waals surface area contributed by atoms with Gasteiger partial charge in [-0.05, 0) is 25.0 Å². The normalized spacial score (nSPS) is 14.8. The largest absolute Gasteiger partial charge is 0.364 e. The molecule has 2 heterocycles. The molecule has 0 radical (unpaired) electrons. The summed E-state index contributed by atoms with van der Waals surface area (Å²) in [5.74, 6) is 0.100. The number of hydrogen-bond donors (Lipinski definition) is 1. The third-order valence-electron chi connectivity index (χ3n) is 2.89. The Morgan fingerprint density at radius 2 is 2.24 bits per heavy atom. The quantitative estimate of drug-likeness (QED) is 0.859. The first kappa shape index (κ1) is 10.0. The van der Waals surface area contributed by atoms with Crippen LogP contribution in [0, 0.1) is 0 Å². The molecular formula is C12H12N4O. The lowest BCUT2D eigenvalue weighted by Gasteiger charge is -2.02. The second-order valence-electron chi connectivity index (χ2n) is 4.24. The van der Waals surface area contributed by atoms with Gasteiger partial charge in [-0.3, -0.25) is 9.78 Å². The summed E-state index contributed by atoms with van der Waals surface area (Å²) in [7, 11) is 0. The van der Waals surface area contributed by atoms with Crippen LogP contribution >= 0.6 is 0 Å². The highest BCUT2D eigenvalue weighted by Crippen LogP contribution is 2.39. The number of hydrogen-bond acceptors (Lipinski definition) is 3. The smallest absolute Gasteiger partial charge is 0.267 e. The number of rotatable bonds is 3. The van der Waals surface area contributed by atoms with Crippen LogP contribution in [-0.4, -0.2) is 20.4 Å². The van der Waals surface area contributed by atoms with E-state index in [0.29, 0.717) is 5.92 Å². The average Bonchev–Trinajstić information content (AvgIpc) is 3.07. The number of amides is 1. The van der Waals surface area contributed by atoms with Crippen molar-refractivity contribution in [3.05, 3.63) is 42.2 Å². The first-order valence-electron chi connectivity index (χ1n) is 5.54. The Bertz CT molecular complexity index is 571. The molecule has 2 N–H and O–H groups in total. The van der Waals surface area contributed by atoms with Gasteiger partial charge in [0.2, 0.25) is 0 Å². The lowest BCUT2D eigenvalue weighted by molar-refractivity contribution is 0.0995. The minimum Gasteiger partial charge on any atom is -0.364 e. The molecule has 5 heteroatoms. The number of nitrogens with zero attached hydrogens (tertiary/aromatic N) is 3. The number of primary amides is 1. The van der Waals surface area contributed by atoms with Crippen molar-refractivity contribution in [2.45, 2.75) is 18.8 Å². The number of pyridine rings is 1. The maximum atomic E-state index is 11.0. The van der Waals surface area contributed by atoms with E-state index in [2.05, 4.69) is 9.97 Å². The van der Waals surface area contributed by atoms with Crippen LogP contribution in [-0.2, 0) is 0 Å². The van der Waals surface area contributed by atoms with E-state index < -0.39 is 5.91 Å². The van der Waals surface area contributed by atoms with E-state index in [1.807, 2.05) is 16.8 Å². The monoisotopic (exact) mass is 228 g/mol. The summed E-state index contributed by atoms with van der Waals surface area (Å²) in [6, 6.07) is 3.49. The molecule has 1 saturated carbocycles. The van der Waals surface area contributed by atoms with Crippen LogP contribution in [0.2, 0.25) is 0 Å². The van der Waals surface area contributed by atoms with Crippen LogP contribution in [0.15, 0.2) is 30.9 Å². The number of imidazole rings is 1. The predicted octanol–water partition coefficient (Wildman–Crippen LogP) is 1.24. The Morgan fingerprint density at radius 3 is 2.94 bits per heavy atom. The fraction of sp³-hybridized carbons (Fsp3) is 0.250. The molecule has 1 fully saturated rings. The summed E-state index contributed by atoms with van der Waals surface area (Å²) in [4.78, 5) is 19.3. The molecule has 0 aromatic carbocycles. The van der Waals surface area contributed by atoms with Gasteiger partial charge in [0, 0.05) is 18.3 Å². The van der Waals surface area contributed by atoms with E-state index in [-0.39, 0.29) is 5.69 Å². The minimum absolute atomic E-state index is 0.268. The van der Waals surface area contributed by atoms with Gasteiger partial charge in [0.1, 0.15) is 5.69 Å². The Kier molecular flexibility index (Phi) is 2.18. The second kappa shape index (κ2) is 3.69. The van der Waals surface area contributed by atoms with Gasteiger partial charge in [0.25, 0.3) is 5.91 Å². The summed E-state index contributed by atoms with van der Waals surface area (Å²) in [5.41, 5.74) is 7.43. The van der Waals surface area contributed by atoms with Crippen molar-refractivity contribution in [3.63, 3.8) is 0 Å². The van der Waals surface area contributed by atoms with Crippen LogP contribution < -0.4 is 5.73 Å². The highest BCUT2D eigenvalue weighted by molar-refractivity contribution is 5.91. The van der Waals surface area contributed by atoms with Crippen LogP contribution in [0.25, 0.3) is 5.69 Å². The molecule has 1 aliphatic rings. The maximum absolute atomic E-state index is 11.0. The molecular weight excluding hydrogens is 216 g/mol. The van der Waals surface area contributed by atoms with Gasteiger partial charge in [-0.15, -0.1) is 0 Å². The first-order valence-corrected chi connectivity index (χ1v) is 5.54. The molecule has 0 bridgehead atoms. The van der Waals surface area contributed by atoms with Gasteiger partial charge in [-0.25, -0.2) is 4.98 Å². The van der Waals surface area contributed by atoms with E-state index in [1.165, 1.54) is 12.8 Å². The van der Waals surface area contributed by atoms with Crippen molar-refractivity contribution in [2.75, 3.05) is 0 Å². The number of aromatic nitrogens is 3. The van der Waals surface area contributed by atoms with Crippen LogP contribution in [0.3, 0.4) is 0 Å². The highest BCUT2D eigenvalue weighted by atomic mass is 16.1. The van der Waals surface area contributed by atoms with Gasteiger partial charge >= 0.3 is 0 Å². The Hall–Kier alpha value is -2.17. The Labute approximate surface area is 98.3 Å². The summed E-state index contributed by atoms with van der Waals surface area (Å²) in [6.07, 6.45) is 7.78. The highest BCUT2D eigenvalue weighted by Gasteiger charge is 2.25. The second-order valence-corrected chi connectivity index (χ2v) is 4.24. The van der Waals surface area contributed by atoms with Gasteiger partial charge in [0.05, 0.1) is 17.7 Å². The molecule has 0 unspecified atom stereocenters. The zero-order valence-electron chi connectivity index (χ0n) is 9.21. The molecule has 1 amide bonds. The van der Waals surface area contributed by atoms with Gasteiger partial charge in [-0.2, -0.15) is 0 Å². The molecule has 2 aromatic rings. The van der Waals surface area contributed by atoms with Crippen molar-refractivity contribution in [2.24, 2.45) is 5.73 Å². The van der Waals surface area contributed by atoms with E-state index >= 15 is 0 Å². The lowest BCUT2D eigenvalue weighted by Crippen LogP contribution is -2.13. The standard InChI is InChI=1S/C12H12N4O/c13-12(17)10-5-9(3-4-14-10)16-6-11(15-7-16)8-1-2-8/h3-8H,1-2H2,(H2,13,17). The number of carbonyl (C=O) groups excluding carboxylic acids is 1. The van der Waals surface area contributed by atoms with Crippen molar-refractivity contribution in [1.29, 1.82) is 0 Å². The molecule has 0 aliphatic heterocycles. The number of nitrogens with two attached hydrogens (primary N) is 1. The van der Waals surface area contributed by atoms with Gasteiger partial charge in [-0.1, -0.05) is 0 Å².